The molecule has 4 nitrogen and oxygen atoms in total. The third kappa shape index (κ3) is 3.16. The van der Waals surface area contributed by atoms with Gasteiger partial charge in [0.1, 0.15) is 0 Å². The first-order chi connectivity index (χ1) is 7.34. The van der Waals surface area contributed by atoms with Crippen LogP contribution in [0.3, 0.4) is 0 Å². The van der Waals surface area contributed by atoms with Gasteiger partial charge in [-0.05, 0) is 32.3 Å². The zero-order valence-electron chi connectivity index (χ0n) is 9.07. The van der Waals surface area contributed by atoms with Gasteiger partial charge in [-0.3, -0.25) is 0 Å². The highest BCUT2D eigenvalue weighted by molar-refractivity contribution is 5.24. The van der Waals surface area contributed by atoms with Crippen molar-refractivity contribution in [2.75, 3.05) is 18.5 Å². The van der Waals surface area contributed by atoms with Crippen molar-refractivity contribution in [3.8, 4) is 0 Å². The molecule has 1 aromatic heterocycles. The predicted octanol–water partition coefficient (Wildman–Crippen LogP) is 1.77. The molecule has 0 radical (unpaired) electrons. The van der Waals surface area contributed by atoms with Gasteiger partial charge in [0.25, 0.3) is 0 Å². The van der Waals surface area contributed by atoms with Crippen LogP contribution in [0.25, 0.3) is 0 Å². The summed E-state index contributed by atoms with van der Waals surface area (Å²) >= 11 is 0. The molecule has 2 rings (SSSR count). The lowest BCUT2D eigenvalue weighted by Gasteiger charge is -2.22. The van der Waals surface area contributed by atoms with E-state index in [1.54, 1.807) is 6.20 Å². The van der Waals surface area contributed by atoms with Crippen molar-refractivity contribution in [1.29, 1.82) is 0 Å². The fourth-order valence-corrected chi connectivity index (χ4v) is 1.71. The van der Waals surface area contributed by atoms with Gasteiger partial charge in [0.2, 0.25) is 5.95 Å². The molecule has 0 amide bonds. The summed E-state index contributed by atoms with van der Waals surface area (Å²) in [6.45, 7) is 3.66. The first kappa shape index (κ1) is 10.4. The van der Waals surface area contributed by atoms with Crippen LogP contribution >= 0.6 is 0 Å². The lowest BCUT2D eigenvalue weighted by Crippen LogP contribution is -2.27. The van der Waals surface area contributed by atoms with Crippen LogP contribution in [0.2, 0.25) is 0 Å². The van der Waals surface area contributed by atoms with E-state index in [2.05, 4.69) is 15.3 Å². The molecule has 0 bridgehead atoms. The fraction of sp³-hybridized carbons (Fsp3) is 0.636. The minimum absolute atomic E-state index is 0.322. The third-order valence-corrected chi connectivity index (χ3v) is 2.56. The van der Waals surface area contributed by atoms with Crippen molar-refractivity contribution >= 4 is 5.95 Å². The van der Waals surface area contributed by atoms with E-state index in [9.17, 15) is 0 Å². The number of anilines is 1. The SMILES string of the molecule is Cc1ccnc(NCC2CCCCO2)n1. The van der Waals surface area contributed by atoms with Crippen molar-refractivity contribution in [3.05, 3.63) is 18.0 Å². The normalized spacial score (nSPS) is 21.3. The molecule has 1 atom stereocenters. The number of aromatic nitrogens is 2. The van der Waals surface area contributed by atoms with Crippen LogP contribution in [0.5, 0.6) is 0 Å². The number of ether oxygens (including phenoxy) is 1. The first-order valence-corrected chi connectivity index (χ1v) is 5.50. The van der Waals surface area contributed by atoms with E-state index >= 15 is 0 Å². The predicted molar refractivity (Wildman–Crippen MR) is 58.8 cm³/mol. The molecule has 1 aliphatic heterocycles. The molecular formula is C11H17N3O. The van der Waals surface area contributed by atoms with Crippen molar-refractivity contribution in [2.45, 2.75) is 32.3 Å². The van der Waals surface area contributed by atoms with Crippen molar-refractivity contribution < 1.29 is 4.74 Å². The minimum Gasteiger partial charge on any atom is -0.376 e. The summed E-state index contributed by atoms with van der Waals surface area (Å²) in [5.41, 5.74) is 0.983. The summed E-state index contributed by atoms with van der Waals surface area (Å²) in [6, 6.07) is 1.89. The number of nitrogens with zero attached hydrogens (tertiary/aromatic N) is 2. The maximum atomic E-state index is 5.61. The lowest BCUT2D eigenvalue weighted by atomic mass is 10.1. The molecule has 2 heterocycles. The Balaban J connectivity index is 1.81. The Bertz CT molecular complexity index is 310. The van der Waals surface area contributed by atoms with Crippen LogP contribution in [0.1, 0.15) is 25.0 Å². The standard InChI is InChI=1S/C11H17N3O/c1-9-5-6-12-11(14-9)13-8-10-4-2-3-7-15-10/h5-6,10H,2-4,7-8H2,1H3,(H,12,13,14). The number of nitrogens with one attached hydrogen (secondary N) is 1. The van der Waals surface area contributed by atoms with Gasteiger partial charge in [-0.1, -0.05) is 0 Å². The smallest absolute Gasteiger partial charge is 0.222 e. The Kier molecular flexibility index (Phi) is 3.50. The lowest BCUT2D eigenvalue weighted by molar-refractivity contribution is 0.0246. The van der Waals surface area contributed by atoms with Crippen molar-refractivity contribution in [2.24, 2.45) is 0 Å². The second-order valence-electron chi connectivity index (χ2n) is 3.89. The molecule has 15 heavy (non-hydrogen) atoms. The Morgan fingerprint density at radius 3 is 3.20 bits per heavy atom. The van der Waals surface area contributed by atoms with E-state index in [0.717, 1.165) is 25.3 Å². The topological polar surface area (TPSA) is 47.0 Å². The highest BCUT2D eigenvalue weighted by atomic mass is 16.5. The van der Waals surface area contributed by atoms with Gasteiger partial charge < -0.3 is 10.1 Å². The quantitative estimate of drug-likeness (QED) is 0.820. The molecule has 1 aliphatic rings. The minimum atomic E-state index is 0.322. The van der Waals surface area contributed by atoms with E-state index in [1.165, 1.54) is 12.8 Å². The Morgan fingerprint density at radius 2 is 2.47 bits per heavy atom. The molecule has 0 aliphatic carbocycles. The van der Waals surface area contributed by atoms with Crippen LogP contribution in [0.4, 0.5) is 5.95 Å². The highest BCUT2D eigenvalue weighted by Crippen LogP contribution is 2.12. The highest BCUT2D eigenvalue weighted by Gasteiger charge is 2.13. The van der Waals surface area contributed by atoms with E-state index in [-0.39, 0.29) is 0 Å². The summed E-state index contributed by atoms with van der Waals surface area (Å²) in [5.74, 6) is 0.698. The van der Waals surface area contributed by atoms with Crippen LogP contribution in [0.15, 0.2) is 12.3 Å². The second-order valence-corrected chi connectivity index (χ2v) is 3.89. The van der Waals surface area contributed by atoms with Crippen molar-refractivity contribution in [1.82, 2.24) is 9.97 Å². The number of rotatable bonds is 3. The summed E-state index contributed by atoms with van der Waals surface area (Å²) in [6.07, 6.45) is 5.69. The summed E-state index contributed by atoms with van der Waals surface area (Å²) < 4.78 is 5.61. The summed E-state index contributed by atoms with van der Waals surface area (Å²) in [5, 5.41) is 3.21. The van der Waals surface area contributed by atoms with Gasteiger partial charge >= 0.3 is 0 Å². The number of aryl methyl sites for hydroxylation is 1. The molecule has 0 spiro atoms. The number of hydrogen-bond donors (Lipinski definition) is 1. The largest absolute Gasteiger partial charge is 0.376 e. The molecule has 0 saturated carbocycles. The molecule has 1 N–H and O–H groups in total. The van der Waals surface area contributed by atoms with Gasteiger partial charge in [0.05, 0.1) is 6.10 Å². The molecule has 1 unspecified atom stereocenters. The van der Waals surface area contributed by atoms with Gasteiger partial charge in [-0.15, -0.1) is 0 Å². The van der Waals surface area contributed by atoms with Crippen LogP contribution in [-0.2, 0) is 4.74 Å². The van der Waals surface area contributed by atoms with Crippen LogP contribution in [0, 0.1) is 6.92 Å². The Labute approximate surface area is 90.1 Å². The Hall–Kier alpha value is -1.16. The van der Waals surface area contributed by atoms with Crippen LogP contribution in [-0.4, -0.2) is 29.2 Å². The maximum absolute atomic E-state index is 5.61. The average Bonchev–Trinajstić information content (AvgIpc) is 2.28. The van der Waals surface area contributed by atoms with E-state index in [1.807, 2.05) is 13.0 Å². The molecule has 4 heteroatoms. The van der Waals surface area contributed by atoms with Gasteiger partial charge in [0, 0.05) is 25.0 Å². The maximum Gasteiger partial charge on any atom is 0.222 e. The van der Waals surface area contributed by atoms with E-state index < -0.39 is 0 Å². The van der Waals surface area contributed by atoms with Crippen LogP contribution < -0.4 is 5.32 Å². The van der Waals surface area contributed by atoms with Crippen molar-refractivity contribution in [3.63, 3.8) is 0 Å². The summed E-state index contributed by atoms with van der Waals surface area (Å²) in [4.78, 5) is 8.43. The molecule has 1 saturated heterocycles. The summed E-state index contributed by atoms with van der Waals surface area (Å²) in [7, 11) is 0. The molecular weight excluding hydrogens is 190 g/mol. The Morgan fingerprint density at radius 1 is 1.53 bits per heavy atom. The molecule has 1 fully saturated rings. The van der Waals surface area contributed by atoms with E-state index in [4.69, 9.17) is 4.74 Å². The molecule has 82 valence electrons. The fourth-order valence-electron chi connectivity index (χ4n) is 1.71. The van der Waals surface area contributed by atoms with Gasteiger partial charge in [-0.25, -0.2) is 9.97 Å². The van der Waals surface area contributed by atoms with E-state index in [0.29, 0.717) is 12.1 Å². The molecule has 0 aromatic carbocycles. The zero-order valence-corrected chi connectivity index (χ0v) is 9.07. The first-order valence-electron chi connectivity index (χ1n) is 5.50. The second kappa shape index (κ2) is 5.07. The third-order valence-electron chi connectivity index (χ3n) is 2.56. The average molecular weight is 207 g/mol. The van der Waals surface area contributed by atoms with Gasteiger partial charge in [-0.2, -0.15) is 0 Å². The monoisotopic (exact) mass is 207 g/mol. The molecule has 1 aromatic rings. The zero-order chi connectivity index (χ0) is 10.5. The number of hydrogen-bond acceptors (Lipinski definition) is 4. The van der Waals surface area contributed by atoms with Gasteiger partial charge in [0.15, 0.2) is 0 Å².